The van der Waals surface area contributed by atoms with Gasteiger partial charge in [-0.25, -0.2) is 0 Å². The van der Waals surface area contributed by atoms with Gasteiger partial charge in [0, 0.05) is 17.6 Å². The molecule has 2 heterocycles. The fourth-order valence-electron chi connectivity index (χ4n) is 2.10. The Bertz CT molecular complexity index is 860. The van der Waals surface area contributed by atoms with E-state index in [0.717, 1.165) is 17.1 Å². The lowest BCUT2D eigenvalue weighted by Crippen LogP contribution is -2.27. The molecule has 0 atom stereocenters. The quantitative estimate of drug-likeness (QED) is 0.603. The van der Waals surface area contributed by atoms with Crippen LogP contribution in [0.5, 0.6) is 0 Å². The standard InChI is InChI=1S/C17H16ClN3O3S/c1-11-3-8-14(23-11)9-21(2)15(22)10-25-17-20-19-16(24-17)12-4-6-13(18)7-5-12/h3-8H,9-10H2,1-2H3. The van der Waals surface area contributed by atoms with Crippen LogP contribution in [0, 0.1) is 6.92 Å². The summed E-state index contributed by atoms with van der Waals surface area (Å²) in [7, 11) is 1.73. The molecule has 0 unspecified atom stereocenters. The Kier molecular flexibility index (Phi) is 5.45. The molecule has 2 aromatic heterocycles. The summed E-state index contributed by atoms with van der Waals surface area (Å²) in [5.41, 5.74) is 0.778. The van der Waals surface area contributed by atoms with Crippen molar-refractivity contribution in [2.24, 2.45) is 0 Å². The van der Waals surface area contributed by atoms with Gasteiger partial charge in [0.05, 0.1) is 12.3 Å². The van der Waals surface area contributed by atoms with Gasteiger partial charge in [0.25, 0.3) is 5.22 Å². The van der Waals surface area contributed by atoms with E-state index in [1.807, 2.05) is 19.1 Å². The molecule has 3 rings (SSSR count). The molecule has 0 radical (unpaired) electrons. The first-order chi connectivity index (χ1) is 12.0. The van der Waals surface area contributed by atoms with Crippen molar-refractivity contribution in [1.82, 2.24) is 15.1 Å². The largest absolute Gasteiger partial charge is 0.464 e. The van der Waals surface area contributed by atoms with Gasteiger partial charge in [0.15, 0.2) is 0 Å². The third-order valence-corrected chi connectivity index (χ3v) is 4.49. The van der Waals surface area contributed by atoms with Gasteiger partial charge >= 0.3 is 0 Å². The molecule has 0 aliphatic rings. The Balaban J connectivity index is 1.54. The maximum Gasteiger partial charge on any atom is 0.277 e. The second kappa shape index (κ2) is 7.76. The minimum atomic E-state index is -0.0507. The van der Waals surface area contributed by atoms with Gasteiger partial charge in [-0.05, 0) is 43.3 Å². The Hall–Kier alpha value is -2.25. The normalized spacial score (nSPS) is 10.8. The molecule has 0 saturated heterocycles. The number of benzene rings is 1. The van der Waals surface area contributed by atoms with Gasteiger partial charge in [-0.3, -0.25) is 4.79 Å². The van der Waals surface area contributed by atoms with Gasteiger partial charge in [0.1, 0.15) is 11.5 Å². The van der Waals surface area contributed by atoms with Crippen LogP contribution in [0.1, 0.15) is 11.5 Å². The lowest BCUT2D eigenvalue weighted by Gasteiger charge is -2.14. The number of rotatable bonds is 6. The number of furan rings is 1. The maximum absolute atomic E-state index is 12.2. The molecule has 0 aliphatic carbocycles. The van der Waals surface area contributed by atoms with E-state index in [0.29, 0.717) is 22.7 Å². The van der Waals surface area contributed by atoms with Crippen molar-refractivity contribution in [2.45, 2.75) is 18.7 Å². The van der Waals surface area contributed by atoms with Crippen LogP contribution in [0.4, 0.5) is 0 Å². The number of halogens is 1. The smallest absolute Gasteiger partial charge is 0.277 e. The second-order valence-electron chi connectivity index (χ2n) is 5.43. The average Bonchev–Trinajstić information content (AvgIpc) is 3.22. The Morgan fingerprint density at radius 3 is 2.60 bits per heavy atom. The highest BCUT2D eigenvalue weighted by Crippen LogP contribution is 2.24. The summed E-state index contributed by atoms with van der Waals surface area (Å²) in [5, 5.41) is 8.93. The molecular formula is C17H16ClN3O3S. The zero-order chi connectivity index (χ0) is 17.8. The molecule has 0 bridgehead atoms. The molecule has 0 saturated carbocycles. The summed E-state index contributed by atoms with van der Waals surface area (Å²) in [4.78, 5) is 13.8. The van der Waals surface area contributed by atoms with Crippen molar-refractivity contribution in [3.8, 4) is 11.5 Å². The molecule has 1 aromatic carbocycles. The first-order valence-electron chi connectivity index (χ1n) is 7.53. The SMILES string of the molecule is Cc1ccc(CN(C)C(=O)CSc2nnc(-c3ccc(Cl)cc3)o2)o1. The highest BCUT2D eigenvalue weighted by atomic mass is 35.5. The number of hydrogen-bond donors (Lipinski definition) is 0. The van der Waals surface area contributed by atoms with Crippen molar-refractivity contribution in [3.63, 3.8) is 0 Å². The summed E-state index contributed by atoms with van der Waals surface area (Å²) in [5.74, 6) is 2.13. The first-order valence-corrected chi connectivity index (χ1v) is 8.89. The summed E-state index contributed by atoms with van der Waals surface area (Å²) >= 11 is 7.06. The number of carbonyl (C=O) groups is 1. The molecule has 6 nitrogen and oxygen atoms in total. The molecule has 0 N–H and O–H groups in total. The molecule has 3 aromatic rings. The number of carbonyl (C=O) groups excluding carboxylic acids is 1. The summed E-state index contributed by atoms with van der Waals surface area (Å²) in [6.45, 7) is 2.29. The number of amides is 1. The molecular weight excluding hydrogens is 362 g/mol. The number of thioether (sulfide) groups is 1. The summed E-state index contributed by atoms with van der Waals surface area (Å²) in [6.07, 6.45) is 0. The van der Waals surface area contributed by atoms with Crippen LogP contribution in [0.2, 0.25) is 5.02 Å². The van der Waals surface area contributed by atoms with Crippen LogP contribution in [0.25, 0.3) is 11.5 Å². The number of nitrogens with zero attached hydrogens (tertiary/aromatic N) is 3. The van der Waals surface area contributed by atoms with E-state index in [1.165, 1.54) is 11.8 Å². The average molecular weight is 378 g/mol. The Morgan fingerprint density at radius 1 is 1.16 bits per heavy atom. The van der Waals surface area contributed by atoms with Gasteiger partial charge in [-0.1, -0.05) is 23.4 Å². The van der Waals surface area contributed by atoms with E-state index in [2.05, 4.69) is 10.2 Å². The van der Waals surface area contributed by atoms with Crippen molar-refractivity contribution < 1.29 is 13.6 Å². The van der Waals surface area contributed by atoms with Crippen molar-refractivity contribution in [1.29, 1.82) is 0 Å². The molecule has 0 spiro atoms. The van der Waals surface area contributed by atoms with Crippen LogP contribution in [0.15, 0.2) is 50.5 Å². The first kappa shape index (κ1) is 17.6. The molecule has 0 fully saturated rings. The van der Waals surface area contributed by atoms with E-state index in [1.54, 1.807) is 36.2 Å². The fourth-order valence-corrected chi connectivity index (χ4v) is 2.93. The topological polar surface area (TPSA) is 72.4 Å². The predicted molar refractivity (Wildman–Crippen MR) is 95.4 cm³/mol. The van der Waals surface area contributed by atoms with Crippen LogP contribution >= 0.6 is 23.4 Å². The van der Waals surface area contributed by atoms with Gasteiger partial charge in [-0.2, -0.15) is 0 Å². The van der Waals surface area contributed by atoms with E-state index >= 15 is 0 Å². The predicted octanol–water partition coefficient (Wildman–Crippen LogP) is 4.04. The minimum absolute atomic E-state index is 0.0507. The van der Waals surface area contributed by atoms with E-state index < -0.39 is 0 Å². The molecule has 0 aliphatic heterocycles. The fraction of sp³-hybridized carbons (Fsp3) is 0.235. The molecule has 8 heteroatoms. The van der Waals surface area contributed by atoms with Gasteiger partial charge in [-0.15, -0.1) is 10.2 Å². The van der Waals surface area contributed by atoms with Crippen molar-refractivity contribution in [2.75, 3.05) is 12.8 Å². The summed E-state index contributed by atoms with van der Waals surface area (Å²) < 4.78 is 11.0. The highest BCUT2D eigenvalue weighted by molar-refractivity contribution is 7.99. The minimum Gasteiger partial charge on any atom is -0.464 e. The van der Waals surface area contributed by atoms with Crippen LogP contribution in [-0.4, -0.2) is 33.8 Å². The lowest BCUT2D eigenvalue weighted by atomic mass is 10.2. The van der Waals surface area contributed by atoms with Gasteiger partial charge in [0.2, 0.25) is 11.8 Å². The molecule has 25 heavy (non-hydrogen) atoms. The third kappa shape index (κ3) is 4.64. The van der Waals surface area contributed by atoms with E-state index in [9.17, 15) is 4.79 Å². The van der Waals surface area contributed by atoms with Crippen molar-refractivity contribution >= 4 is 29.3 Å². The van der Waals surface area contributed by atoms with Crippen LogP contribution < -0.4 is 0 Å². The molecule has 1 amide bonds. The highest BCUT2D eigenvalue weighted by Gasteiger charge is 2.15. The Labute approximate surface area is 154 Å². The monoisotopic (exact) mass is 377 g/mol. The lowest BCUT2D eigenvalue weighted by molar-refractivity contribution is -0.127. The third-order valence-electron chi connectivity index (χ3n) is 3.43. The van der Waals surface area contributed by atoms with Crippen molar-refractivity contribution in [3.05, 3.63) is 52.9 Å². The number of aromatic nitrogens is 2. The van der Waals surface area contributed by atoms with Crippen LogP contribution in [0.3, 0.4) is 0 Å². The summed E-state index contributed by atoms with van der Waals surface area (Å²) in [6, 6.07) is 10.8. The maximum atomic E-state index is 12.2. The Morgan fingerprint density at radius 2 is 1.92 bits per heavy atom. The second-order valence-corrected chi connectivity index (χ2v) is 6.79. The van der Waals surface area contributed by atoms with Crippen LogP contribution in [-0.2, 0) is 11.3 Å². The molecule has 130 valence electrons. The van der Waals surface area contributed by atoms with E-state index in [4.69, 9.17) is 20.4 Å². The van der Waals surface area contributed by atoms with Gasteiger partial charge < -0.3 is 13.7 Å². The number of aryl methyl sites for hydroxylation is 1. The zero-order valence-electron chi connectivity index (χ0n) is 13.7. The zero-order valence-corrected chi connectivity index (χ0v) is 15.3. The van der Waals surface area contributed by atoms with E-state index in [-0.39, 0.29) is 11.7 Å². The number of hydrogen-bond acceptors (Lipinski definition) is 6.